The molecule has 1 aliphatic heterocycles. The minimum absolute atomic E-state index is 0.160. The van der Waals surface area contributed by atoms with Crippen LogP contribution in [0.15, 0.2) is 71.5 Å². The van der Waals surface area contributed by atoms with Crippen LogP contribution in [-0.2, 0) is 6.54 Å². The van der Waals surface area contributed by atoms with E-state index in [1.165, 1.54) is 41.1 Å². The van der Waals surface area contributed by atoms with E-state index in [-0.39, 0.29) is 36.2 Å². The van der Waals surface area contributed by atoms with Gasteiger partial charge in [0.25, 0.3) is 17.4 Å². The van der Waals surface area contributed by atoms with Crippen LogP contribution >= 0.6 is 0 Å². The van der Waals surface area contributed by atoms with E-state index < -0.39 is 5.82 Å². The van der Waals surface area contributed by atoms with E-state index in [4.69, 9.17) is 4.74 Å². The molecule has 1 aliphatic rings. The summed E-state index contributed by atoms with van der Waals surface area (Å²) in [5.74, 6) is -0.220. The van der Waals surface area contributed by atoms with Crippen LogP contribution in [0.3, 0.4) is 0 Å². The molecule has 33 heavy (non-hydrogen) atoms. The standard InChI is InChI=1S/C24H23FN4O4/c25-19-8-6-18(7-9-19)23(31)27-12-14-28(15-13-27)24(32)21-10-11-22(30)29(26-21)16-17-33-20-4-2-1-3-5-20/h1-11H,12-17H2. The highest BCUT2D eigenvalue weighted by atomic mass is 19.1. The summed E-state index contributed by atoms with van der Waals surface area (Å²) in [4.78, 5) is 40.9. The molecule has 2 heterocycles. The predicted molar refractivity (Wildman–Crippen MR) is 119 cm³/mol. The molecule has 0 unspecified atom stereocenters. The zero-order valence-corrected chi connectivity index (χ0v) is 17.9. The second kappa shape index (κ2) is 10.1. The first-order valence-electron chi connectivity index (χ1n) is 10.6. The lowest BCUT2D eigenvalue weighted by atomic mass is 10.1. The van der Waals surface area contributed by atoms with Crippen molar-refractivity contribution in [1.82, 2.24) is 19.6 Å². The van der Waals surface area contributed by atoms with Crippen LogP contribution in [0.25, 0.3) is 0 Å². The molecular formula is C24H23FN4O4. The second-order valence-electron chi connectivity index (χ2n) is 7.53. The van der Waals surface area contributed by atoms with Gasteiger partial charge in [0.05, 0.1) is 6.54 Å². The van der Waals surface area contributed by atoms with Gasteiger partial charge in [-0.1, -0.05) is 18.2 Å². The molecule has 170 valence electrons. The first-order valence-corrected chi connectivity index (χ1v) is 10.6. The zero-order valence-electron chi connectivity index (χ0n) is 17.9. The first-order chi connectivity index (χ1) is 16.0. The Morgan fingerprint density at radius 3 is 2.15 bits per heavy atom. The van der Waals surface area contributed by atoms with Crippen LogP contribution in [0.5, 0.6) is 5.75 Å². The van der Waals surface area contributed by atoms with Crippen LogP contribution in [0.1, 0.15) is 20.8 Å². The van der Waals surface area contributed by atoms with Crippen molar-refractivity contribution >= 4 is 11.8 Å². The van der Waals surface area contributed by atoms with Crippen molar-refractivity contribution < 1.29 is 18.7 Å². The molecule has 0 aliphatic carbocycles. The number of aromatic nitrogens is 2. The van der Waals surface area contributed by atoms with Crippen LogP contribution in [0.2, 0.25) is 0 Å². The molecule has 0 bridgehead atoms. The van der Waals surface area contributed by atoms with Gasteiger partial charge in [-0.05, 0) is 42.5 Å². The van der Waals surface area contributed by atoms with Crippen molar-refractivity contribution in [3.05, 3.63) is 94.2 Å². The molecule has 2 amide bonds. The fourth-order valence-corrected chi connectivity index (χ4v) is 3.54. The predicted octanol–water partition coefficient (Wildman–Crippen LogP) is 2.06. The number of carbonyl (C=O) groups is 2. The third kappa shape index (κ3) is 5.43. The maximum atomic E-state index is 13.1. The molecule has 1 saturated heterocycles. The largest absolute Gasteiger partial charge is 0.492 e. The first kappa shape index (κ1) is 22.2. The molecule has 2 aromatic carbocycles. The lowest BCUT2D eigenvalue weighted by molar-refractivity contribution is 0.0530. The summed E-state index contributed by atoms with van der Waals surface area (Å²) in [5, 5.41) is 4.21. The number of rotatable bonds is 6. The van der Waals surface area contributed by atoms with E-state index in [9.17, 15) is 18.8 Å². The van der Waals surface area contributed by atoms with Crippen LogP contribution in [-0.4, -0.2) is 64.2 Å². The number of para-hydroxylation sites is 1. The Balaban J connectivity index is 1.34. The van der Waals surface area contributed by atoms with Gasteiger partial charge < -0.3 is 14.5 Å². The molecule has 0 N–H and O–H groups in total. The lowest BCUT2D eigenvalue weighted by Gasteiger charge is -2.34. The highest BCUT2D eigenvalue weighted by Crippen LogP contribution is 2.12. The van der Waals surface area contributed by atoms with Gasteiger partial charge in [0.1, 0.15) is 23.9 Å². The number of carbonyl (C=O) groups excluding carboxylic acids is 2. The Morgan fingerprint density at radius 2 is 1.48 bits per heavy atom. The average molecular weight is 450 g/mol. The molecule has 4 rings (SSSR count). The van der Waals surface area contributed by atoms with Gasteiger partial charge in [0.2, 0.25) is 0 Å². The normalized spacial score (nSPS) is 13.6. The van der Waals surface area contributed by atoms with Crippen LogP contribution < -0.4 is 10.3 Å². The Morgan fingerprint density at radius 1 is 0.848 bits per heavy atom. The van der Waals surface area contributed by atoms with Gasteiger partial charge in [-0.2, -0.15) is 5.10 Å². The Hall–Kier alpha value is -4.01. The molecule has 1 aromatic heterocycles. The zero-order chi connectivity index (χ0) is 23.2. The Kier molecular flexibility index (Phi) is 6.77. The van der Waals surface area contributed by atoms with Crippen molar-refractivity contribution in [2.45, 2.75) is 6.54 Å². The fraction of sp³-hybridized carbons (Fsp3) is 0.250. The van der Waals surface area contributed by atoms with Crippen molar-refractivity contribution in [1.29, 1.82) is 0 Å². The number of piperazine rings is 1. The topological polar surface area (TPSA) is 84.7 Å². The number of halogens is 1. The number of ether oxygens (including phenoxy) is 1. The maximum absolute atomic E-state index is 13.1. The van der Waals surface area contributed by atoms with Gasteiger partial charge in [0, 0.05) is 37.8 Å². The molecule has 1 fully saturated rings. The van der Waals surface area contributed by atoms with Crippen molar-refractivity contribution in [2.75, 3.05) is 32.8 Å². The average Bonchev–Trinajstić information content (AvgIpc) is 2.85. The van der Waals surface area contributed by atoms with Gasteiger partial charge in [-0.25, -0.2) is 9.07 Å². The number of hydrogen-bond acceptors (Lipinski definition) is 5. The summed E-state index contributed by atoms with van der Waals surface area (Å²) in [6.45, 7) is 1.82. The Bertz CT molecular complexity index is 1170. The third-order valence-corrected chi connectivity index (χ3v) is 5.35. The molecule has 9 heteroatoms. The highest BCUT2D eigenvalue weighted by molar-refractivity contribution is 5.95. The van der Waals surface area contributed by atoms with Crippen molar-refractivity contribution in [2.24, 2.45) is 0 Å². The summed E-state index contributed by atoms with van der Waals surface area (Å²) in [6.07, 6.45) is 0. The van der Waals surface area contributed by atoms with E-state index in [0.717, 1.165) is 0 Å². The fourth-order valence-electron chi connectivity index (χ4n) is 3.54. The number of benzene rings is 2. The molecule has 0 spiro atoms. The van der Waals surface area contributed by atoms with Crippen LogP contribution in [0, 0.1) is 5.82 Å². The molecule has 3 aromatic rings. The van der Waals surface area contributed by atoms with Crippen molar-refractivity contribution in [3.8, 4) is 5.75 Å². The monoisotopic (exact) mass is 450 g/mol. The van der Waals surface area contributed by atoms with E-state index in [2.05, 4.69) is 5.10 Å². The summed E-state index contributed by atoms with van der Waals surface area (Å²) in [6, 6.07) is 17.3. The number of amides is 2. The minimum Gasteiger partial charge on any atom is -0.492 e. The number of hydrogen-bond donors (Lipinski definition) is 0. The summed E-state index contributed by atoms with van der Waals surface area (Å²) in [7, 11) is 0. The van der Waals surface area contributed by atoms with Gasteiger partial charge >= 0.3 is 0 Å². The summed E-state index contributed by atoms with van der Waals surface area (Å²) < 4.78 is 19.9. The maximum Gasteiger partial charge on any atom is 0.274 e. The van der Waals surface area contributed by atoms with Gasteiger partial charge in [0.15, 0.2) is 0 Å². The van der Waals surface area contributed by atoms with E-state index >= 15 is 0 Å². The Labute approximate surface area is 189 Å². The van der Waals surface area contributed by atoms with E-state index in [1.54, 1.807) is 9.80 Å². The van der Waals surface area contributed by atoms with Gasteiger partial charge in [-0.15, -0.1) is 0 Å². The quantitative estimate of drug-likeness (QED) is 0.574. The lowest BCUT2D eigenvalue weighted by Crippen LogP contribution is -2.51. The molecule has 0 atom stereocenters. The minimum atomic E-state index is -0.401. The SMILES string of the molecule is O=C(c1ccc(F)cc1)N1CCN(C(=O)c2ccc(=O)n(CCOc3ccccc3)n2)CC1. The molecule has 8 nitrogen and oxygen atoms in total. The van der Waals surface area contributed by atoms with Crippen LogP contribution in [0.4, 0.5) is 4.39 Å². The van der Waals surface area contributed by atoms with Gasteiger partial charge in [-0.3, -0.25) is 14.4 Å². The van der Waals surface area contributed by atoms with E-state index in [1.807, 2.05) is 30.3 Å². The molecule has 0 radical (unpaired) electrons. The van der Waals surface area contributed by atoms with E-state index in [0.29, 0.717) is 37.5 Å². The third-order valence-electron chi connectivity index (χ3n) is 5.35. The second-order valence-corrected chi connectivity index (χ2v) is 7.53. The number of nitrogens with zero attached hydrogens (tertiary/aromatic N) is 4. The molecular weight excluding hydrogens is 427 g/mol. The summed E-state index contributed by atoms with van der Waals surface area (Å²) >= 11 is 0. The highest BCUT2D eigenvalue weighted by Gasteiger charge is 2.26. The van der Waals surface area contributed by atoms with Crippen molar-refractivity contribution in [3.63, 3.8) is 0 Å². The molecule has 0 saturated carbocycles. The summed E-state index contributed by atoms with van der Waals surface area (Å²) in [5.41, 5.74) is 0.244. The smallest absolute Gasteiger partial charge is 0.274 e.